The highest BCUT2D eigenvalue weighted by Gasteiger charge is 2.12. The third-order valence-electron chi connectivity index (χ3n) is 2.09. The van der Waals surface area contributed by atoms with E-state index in [-0.39, 0.29) is 0 Å². The molecular formula is C12H13NO2. The molecule has 78 valence electrons. The Morgan fingerprint density at radius 3 is 2.47 bits per heavy atom. The quantitative estimate of drug-likeness (QED) is 0.708. The van der Waals surface area contributed by atoms with Crippen molar-refractivity contribution in [1.29, 1.82) is 5.26 Å². The summed E-state index contributed by atoms with van der Waals surface area (Å²) in [5.74, 6) is -0.443. The number of carbonyl (C=O) groups excluding carboxylic acids is 1. The summed E-state index contributed by atoms with van der Waals surface area (Å²) in [6, 6.07) is 9.44. The van der Waals surface area contributed by atoms with E-state index in [1.54, 1.807) is 0 Å². The van der Waals surface area contributed by atoms with Gasteiger partial charge in [-0.1, -0.05) is 31.2 Å². The first-order valence-electron chi connectivity index (χ1n) is 4.83. The highest BCUT2D eigenvalue weighted by molar-refractivity contribution is 5.66. The highest BCUT2D eigenvalue weighted by atomic mass is 16.5. The molecule has 1 atom stereocenters. The second-order valence-corrected chi connectivity index (χ2v) is 3.21. The number of aryl methyl sites for hydroxylation is 1. The van der Waals surface area contributed by atoms with E-state index >= 15 is 0 Å². The van der Waals surface area contributed by atoms with Gasteiger partial charge in [0.05, 0.1) is 0 Å². The van der Waals surface area contributed by atoms with Crippen LogP contribution in [-0.4, -0.2) is 5.97 Å². The van der Waals surface area contributed by atoms with Crippen molar-refractivity contribution >= 4 is 5.97 Å². The molecule has 0 radical (unpaired) electrons. The lowest BCUT2D eigenvalue weighted by atomic mass is 10.1. The van der Waals surface area contributed by atoms with Crippen LogP contribution in [0.3, 0.4) is 0 Å². The van der Waals surface area contributed by atoms with Gasteiger partial charge in [-0.25, -0.2) is 0 Å². The van der Waals surface area contributed by atoms with Crippen molar-refractivity contribution in [3.8, 4) is 6.07 Å². The van der Waals surface area contributed by atoms with Crippen LogP contribution in [0.2, 0.25) is 0 Å². The zero-order chi connectivity index (χ0) is 11.3. The number of benzene rings is 1. The van der Waals surface area contributed by atoms with Crippen molar-refractivity contribution in [1.82, 2.24) is 0 Å². The number of rotatable bonds is 3. The van der Waals surface area contributed by atoms with Crippen LogP contribution in [0.15, 0.2) is 24.3 Å². The number of hydrogen-bond acceptors (Lipinski definition) is 3. The second-order valence-electron chi connectivity index (χ2n) is 3.21. The minimum absolute atomic E-state index is 0.443. The molecule has 0 saturated heterocycles. The monoisotopic (exact) mass is 203 g/mol. The van der Waals surface area contributed by atoms with Gasteiger partial charge in [-0.05, 0) is 12.0 Å². The predicted molar refractivity (Wildman–Crippen MR) is 55.9 cm³/mol. The zero-order valence-corrected chi connectivity index (χ0v) is 8.86. The lowest BCUT2D eigenvalue weighted by Gasteiger charge is -2.09. The Bertz CT molecular complexity index is 376. The Labute approximate surface area is 89.3 Å². The van der Waals surface area contributed by atoms with Crippen LogP contribution >= 0.6 is 0 Å². The maximum atomic E-state index is 10.7. The van der Waals surface area contributed by atoms with Crippen LogP contribution in [0.4, 0.5) is 0 Å². The first-order valence-corrected chi connectivity index (χ1v) is 4.83. The molecule has 3 heteroatoms. The number of nitriles is 1. The molecule has 0 N–H and O–H groups in total. The minimum Gasteiger partial charge on any atom is -0.442 e. The van der Waals surface area contributed by atoms with Crippen LogP contribution in [0.25, 0.3) is 0 Å². The van der Waals surface area contributed by atoms with Gasteiger partial charge in [-0.2, -0.15) is 5.26 Å². The third-order valence-corrected chi connectivity index (χ3v) is 2.09. The number of hydrogen-bond donors (Lipinski definition) is 0. The molecule has 1 aromatic rings. The molecule has 0 aliphatic carbocycles. The van der Waals surface area contributed by atoms with Crippen LogP contribution in [0, 0.1) is 11.3 Å². The van der Waals surface area contributed by atoms with Crippen molar-refractivity contribution < 1.29 is 9.53 Å². The summed E-state index contributed by atoms with van der Waals surface area (Å²) in [4.78, 5) is 10.7. The van der Waals surface area contributed by atoms with E-state index in [2.05, 4.69) is 6.92 Å². The van der Waals surface area contributed by atoms with Gasteiger partial charge in [0, 0.05) is 12.5 Å². The molecule has 0 unspecified atom stereocenters. The molecule has 0 aliphatic heterocycles. The van der Waals surface area contributed by atoms with Gasteiger partial charge >= 0.3 is 5.97 Å². The number of carbonyl (C=O) groups is 1. The van der Waals surface area contributed by atoms with Crippen molar-refractivity contribution in [3.63, 3.8) is 0 Å². The first-order chi connectivity index (χ1) is 7.17. The minimum atomic E-state index is -0.798. The Balaban J connectivity index is 2.84. The van der Waals surface area contributed by atoms with Crippen LogP contribution < -0.4 is 0 Å². The fraction of sp³-hybridized carbons (Fsp3) is 0.333. The van der Waals surface area contributed by atoms with E-state index in [0.717, 1.165) is 6.42 Å². The Morgan fingerprint density at radius 1 is 1.47 bits per heavy atom. The van der Waals surface area contributed by atoms with Crippen LogP contribution in [0.1, 0.15) is 31.1 Å². The van der Waals surface area contributed by atoms with E-state index in [9.17, 15) is 4.79 Å². The topological polar surface area (TPSA) is 50.1 Å². The maximum absolute atomic E-state index is 10.7. The van der Waals surface area contributed by atoms with Gasteiger partial charge in [0.25, 0.3) is 0 Å². The zero-order valence-electron chi connectivity index (χ0n) is 8.86. The molecule has 0 heterocycles. The molecule has 0 aliphatic rings. The molecule has 0 amide bonds. The van der Waals surface area contributed by atoms with E-state index in [0.29, 0.717) is 5.56 Å². The number of esters is 1. The lowest BCUT2D eigenvalue weighted by Crippen LogP contribution is -2.06. The van der Waals surface area contributed by atoms with E-state index < -0.39 is 12.1 Å². The van der Waals surface area contributed by atoms with Crippen molar-refractivity contribution in [2.75, 3.05) is 0 Å². The van der Waals surface area contributed by atoms with E-state index in [4.69, 9.17) is 10.00 Å². The van der Waals surface area contributed by atoms with Gasteiger partial charge in [0.2, 0.25) is 6.10 Å². The molecule has 0 aromatic heterocycles. The molecule has 1 rings (SSSR count). The van der Waals surface area contributed by atoms with E-state index in [1.165, 1.54) is 12.5 Å². The van der Waals surface area contributed by atoms with Gasteiger partial charge in [-0.3, -0.25) is 4.79 Å². The van der Waals surface area contributed by atoms with E-state index in [1.807, 2.05) is 30.3 Å². The summed E-state index contributed by atoms with van der Waals surface area (Å²) in [5, 5.41) is 8.83. The van der Waals surface area contributed by atoms with Crippen LogP contribution in [-0.2, 0) is 16.0 Å². The molecule has 1 aromatic carbocycles. The molecular weight excluding hydrogens is 190 g/mol. The Morgan fingerprint density at radius 2 is 2.07 bits per heavy atom. The average Bonchev–Trinajstić information content (AvgIpc) is 2.26. The van der Waals surface area contributed by atoms with Gasteiger partial charge in [-0.15, -0.1) is 0 Å². The van der Waals surface area contributed by atoms with Gasteiger partial charge < -0.3 is 4.74 Å². The standard InChI is InChI=1S/C12H13NO2/c1-3-10-4-6-11(7-5-10)12(8-13)15-9(2)14/h4-7,12H,3H2,1-2H3/t12-/m0/s1. The summed E-state index contributed by atoms with van der Waals surface area (Å²) in [6.07, 6.45) is 0.152. The summed E-state index contributed by atoms with van der Waals surface area (Å²) >= 11 is 0. The van der Waals surface area contributed by atoms with Gasteiger partial charge in [0.1, 0.15) is 6.07 Å². The summed E-state index contributed by atoms with van der Waals surface area (Å²) in [7, 11) is 0. The molecule has 0 fully saturated rings. The fourth-order valence-electron chi connectivity index (χ4n) is 1.26. The van der Waals surface area contributed by atoms with Crippen LogP contribution in [0.5, 0.6) is 0 Å². The number of nitrogens with zero attached hydrogens (tertiary/aromatic N) is 1. The second kappa shape index (κ2) is 5.16. The van der Waals surface area contributed by atoms with Crippen molar-refractivity contribution in [2.45, 2.75) is 26.4 Å². The molecule has 0 saturated carbocycles. The SMILES string of the molecule is CCc1ccc([C@H](C#N)OC(C)=O)cc1. The summed E-state index contributed by atoms with van der Waals surface area (Å²) < 4.78 is 4.86. The van der Waals surface area contributed by atoms with Crippen molar-refractivity contribution in [2.24, 2.45) is 0 Å². The van der Waals surface area contributed by atoms with Gasteiger partial charge in [0.15, 0.2) is 0 Å². The normalized spacial score (nSPS) is 11.5. The third kappa shape index (κ3) is 3.10. The number of ether oxygens (including phenoxy) is 1. The molecule has 0 bridgehead atoms. The van der Waals surface area contributed by atoms with Crippen molar-refractivity contribution in [3.05, 3.63) is 35.4 Å². The largest absolute Gasteiger partial charge is 0.442 e. The average molecular weight is 203 g/mol. The summed E-state index contributed by atoms with van der Waals surface area (Å²) in [6.45, 7) is 3.35. The molecule has 0 spiro atoms. The molecule has 15 heavy (non-hydrogen) atoms. The predicted octanol–water partition coefficient (Wildman–Crippen LogP) is 2.38. The Kier molecular flexibility index (Phi) is 3.87. The first kappa shape index (κ1) is 11.3. The molecule has 3 nitrogen and oxygen atoms in total. The fourth-order valence-corrected chi connectivity index (χ4v) is 1.26. The lowest BCUT2D eigenvalue weighted by molar-refractivity contribution is -0.144. The highest BCUT2D eigenvalue weighted by Crippen LogP contribution is 2.17. The summed E-state index contributed by atoms with van der Waals surface area (Å²) in [5.41, 5.74) is 1.91. The smallest absolute Gasteiger partial charge is 0.304 e. The Hall–Kier alpha value is -1.82. The maximum Gasteiger partial charge on any atom is 0.304 e.